The van der Waals surface area contributed by atoms with E-state index in [4.69, 9.17) is 28.7 Å². The van der Waals surface area contributed by atoms with Gasteiger partial charge in [-0.2, -0.15) is 4.99 Å². The van der Waals surface area contributed by atoms with Gasteiger partial charge >= 0.3 is 0 Å². The zero-order valence-corrected chi connectivity index (χ0v) is 24.4. The number of hydrogen-bond acceptors (Lipinski definition) is 8. The second-order valence-electron chi connectivity index (χ2n) is 10.1. The Hall–Kier alpha value is -4.96. The topological polar surface area (TPSA) is 300 Å². The van der Waals surface area contributed by atoms with Crippen molar-refractivity contribution in [3.8, 4) is 5.75 Å². The van der Waals surface area contributed by atoms with Crippen molar-refractivity contribution in [2.75, 3.05) is 13.1 Å². The molecule has 0 radical (unpaired) electrons. The highest BCUT2D eigenvalue weighted by molar-refractivity contribution is 6.03. The average molecular weight is 615 g/mol. The van der Waals surface area contributed by atoms with Crippen LogP contribution in [0.25, 0.3) is 0 Å². The molecule has 16 heteroatoms. The van der Waals surface area contributed by atoms with E-state index in [1.54, 1.807) is 12.1 Å². The van der Waals surface area contributed by atoms with Crippen LogP contribution in [0.3, 0.4) is 0 Å². The zero-order chi connectivity index (χ0) is 32.6. The summed E-state index contributed by atoms with van der Waals surface area (Å²) in [6, 6.07) is 5.42. The minimum atomic E-state index is -1.17. The molecule has 0 aliphatic rings. The van der Waals surface area contributed by atoms with Gasteiger partial charge in [0.2, 0.25) is 17.7 Å². The minimum Gasteiger partial charge on any atom is -0.508 e. The molecule has 0 bridgehead atoms. The first-order valence-corrected chi connectivity index (χ1v) is 14.2. The molecule has 0 aliphatic carbocycles. The zero-order valence-electron chi connectivity index (χ0n) is 24.4. The number of carbonyl (C=O) groups is 5. The molecule has 0 aliphatic heterocycles. The molecule has 15 N–H and O–H groups in total. The first kappa shape index (κ1) is 35.2. The molecule has 16 nitrogen and oxygen atoms in total. The van der Waals surface area contributed by atoms with Crippen molar-refractivity contribution in [1.29, 1.82) is 0 Å². The molecule has 1 heterocycles. The third-order valence-corrected chi connectivity index (χ3v) is 6.58. The van der Waals surface area contributed by atoms with E-state index < -0.39 is 53.6 Å². The summed E-state index contributed by atoms with van der Waals surface area (Å²) in [5.74, 6) is -3.99. The molecule has 2 aromatic rings. The Morgan fingerprint density at radius 3 is 1.84 bits per heavy atom. The molecule has 0 spiro atoms. The van der Waals surface area contributed by atoms with Gasteiger partial charge in [0.05, 0.1) is 0 Å². The van der Waals surface area contributed by atoms with E-state index in [1.807, 2.05) is 0 Å². The Morgan fingerprint density at radius 2 is 1.27 bits per heavy atom. The number of nitrogens with two attached hydrogens (primary N) is 5. The lowest BCUT2D eigenvalue weighted by Crippen LogP contribution is -2.57. The molecule has 3 atom stereocenters. The van der Waals surface area contributed by atoms with E-state index in [0.29, 0.717) is 44.3 Å². The number of amides is 5. The van der Waals surface area contributed by atoms with Gasteiger partial charge in [-0.3, -0.25) is 24.0 Å². The van der Waals surface area contributed by atoms with Gasteiger partial charge in [0.15, 0.2) is 5.96 Å². The van der Waals surface area contributed by atoms with E-state index in [-0.39, 0.29) is 36.4 Å². The third kappa shape index (κ3) is 11.7. The maximum atomic E-state index is 13.5. The van der Waals surface area contributed by atoms with Crippen molar-refractivity contribution < 1.29 is 29.1 Å². The first-order chi connectivity index (χ1) is 20.9. The van der Waals surface area contributed by atoms with E-state index >= 15 is 0 Å². The van der Waals surface area contributed by atoms with Gasteiger partial charge in [0, 0.05) is 6.42 Å². The van der Waals surface area contributed by atoms with Crippen LogP contribution in [0.5, 0.6) is 5.75 Å². The predicted octanol–water partition coefficient (Wildman–Crippen LogP) is -1.81. The molecule has 2 rings (SSSR count). The number of nitrogens with one attached hydrogen (secondary N) is 4. The number of phenolic OH excluding ortho intramolecular Hbond substituents is 1. The van der Waals surface area contributed by atoms with Crippen LogP contribution in [0, 0.1) is 0 Å². The van der Waals surface area contributed by atoms with Crippen molar-refractivity contribution in [3.05, 3.63) is 53.3 Å². The highest BCUT2D eigenvalue weighted by Gasteiger charge is 2.29. The summed E-state index contributed by atoms with van der Waals surface area (Å²) in [6.07, 6.45) is 2.68. The smallest absolute Gasteiger partial charge is 0.296 e. The first-order valence-electron chi connectivity index (χ1n) is 14.2. The van der Waals surface area contributed by atoms with Crippen molar-refractivity contribution in [2.45, 2.75) is 63.1 Å². The fraction of sp³-hybridized carbons (Fsp3) is 0.429. The molecule has 0 saturated carbocycles. The molecule has 44 heavy (non-hydrogen) atoms. The maximum Gasteiger partial charge on any atom is 0.296 e. The number of H-pyrrole nitrogens is 1. The number of benzene rings is 1. The SMILES string of the molecule is NCCCC[C@H](NC(=O)[C@H](Cc1ccc(O)cc1)NC(=O)[C@H](CCCCN)NC(=O)c1ccc(C(=O)N=C(N)N)[nH]1)C(N)=O. The van der Waals surface area contributed by atoms with Crippen molar-refractivity contribution in [3.63, 3.8) is 0 Å². The van der Waals surface area contributed by atoms with Crippen LogP contribution in [0.4, 0.5) is 0 Å². The Bertz CT molecular complexity index is 1310. The number of aliphatic imine (C=N–C) groups is 1. The number of guanidine groups is 1. The van der Waals surface area contributed by atoms with Crippen LogP contribution < -0.4 is 44.6 Å². The number of hydrogen-bond donors (Lipinski definition) is 10. The van der Waals surface area contributed by atoms with E-state index in [9.17, 15) is 29.1 Å². The molecule has 0 unspecified atom stereocenters. The van der Waals surface area contributed by atoms with Gasteiger partial charge < -0.3 is 54.7 Å². The lowest BCUT2D eigenvalue weighted by atomic mass is 10.0. The highest BCUT2D eigenvalue weighted by Crippen LogP contribution is 2.13. The summed E-state index contributed by atoms with van der Waals surface area (Å²) in [6.45, 7) is 0.770. The van der Waals surface area contributed by atoms with Crippen LogP contribution in [0.1, 0.15) is 65.1 Å². The van der Waals surface area contributed by atoms with Gasteiger partial charge in [-0.25, -0.2) is 0 Å². The highest BCUT2D eigenvalue weighted by atomic mass is 16.3. The second kappa shape index (κ2) is 17.9. The van der Waals surface area contributed by atoms with Gasteiger partial charge in [-0.05, 0) is 81.4 Å². The quantitative estimate of drug-likeness (QED) is 0.0509. The number of aromatic nitrogens is 1. The number of rotatable bonds is 18. The lowest BCUT2D eigenvalue weighted by molar-refractivity contribution is -0.132. The Labute approximate surface area is 254 Å². The Balaban J connectivity index is 2.27. The summed E-state index contributed by atoms with van der Waals surface area (Å²) in [7, 11) is 0. The normalized spacial score (nSPS) is 12.8. The lowest BCUT2D eigenvalue weighted by Gasteiger charge is -2.25. The van der Waals surface area contributed by atoms with Gasteiger partial charge in [-0.1, -0.05) is 12.1 Å². The number of phenols is 1. The largest absolute Gasteiger partial charge is 0.508 e. The van der Waals surface area contributed by atoms with Crippen molar-refractivity contribution >= 4 is 35.5 Å². The predicted molar refractivity (Wildman–Crippen MR) is 163 cm³/mol. The van der Waals surface area contributed by atoms with Crippen LogP contribution in [0.2, 0.25) is 0 Å². The van der Waals surface area contributed by atoms with Crippen LogP contribution >= 0.6 is 0 Å². The maximum absolute atomic E-state index is 13.5. The molecule has 5 amide bonds. The summed E-state index contributed by atoms with van der Waals surface area (Å²) >= 11 is 0. The molecule has 0 saturated heterocycles. The second-order valence-corrected chi connectivity index (χ2v) is 10.1. The Kier molecular flexibility index (Phi) is 14.3. The average Bonchev–Trinajstić information content (AvgIpc) is 3.47. The number of aromatic amines is 1. The fourth-order valence-electron chi connectivity index (χ4n) is 4.23. The molecular weight excluding hydrogens is 572 g/mol. The summed E-state index contributed by atoms with van der Waals surface area (Å²) in [5.41, 5.74) is 27.6. The van der Waals surface area contributed by atoms with E-state index in [2.05, 4.69) is 25.9 Å². The van der Waals surface area contributed by atoms with Crippen molar-refractivity contribution in [2.24, 2.45) is 33.7 Å². The van der Waals surface area contributed by atoms with Gasteiger partial charge in [0.1, 0.15) is 35.3 Å². The summed E-state index contributed by atoms with van der Waals surface area (Å²) < 4.78 is 0. The molecule has 0 fully saturated rings. The minimum absolute atomic E-state index is 0.00247. The van der Waals surface area contributed by atoms with Crippen molar-refractivity contribution in [1.82, 2.24) is 20.9 Å². The number of nitrogens with zero attached hydrogens (tertiary/aromatic N) is 1. The van der Waals surface area contributed by atoms with Crippen LogP contribution in [-0.2, 0) is 20.8 Å². The molecule has 1 aromatic heterocycles. The molecule has 1 aromatic carbocycles. The van der Waals surface area contributed by atoms with Crippen LogP contribution in [0.15, 0.2) is 41.4 Å². The summed E-state index contributed by atoms with van der Waals surface area (Å²) in [5, 5.41) is 17.6. The number of primary amides is 1. The standard InChI is InChI=1S/C28H42N10O6/c29-13-3-1-5-18(23(31)40)35-27(44)22(15-16-7-9-17(39)10-8-16)37-24(41)19(6-2-4-14-30)36-25(42)20-11-12-21(34-20)26(43)38-28(32)33/h7-12,18-19,22,34,39H,1-6,13-15,29-30H2,(H2,31,40)(H,35,44)(H,36,42)(H,37,41)(H4,32,33,38,43)/t18-,19-,22-/m0/s1. The van der Waals surface area contributed by atoms with Gasteiger partial charge in [-0.15, -0.1) is 0 Å². The number of unbranched alkanes of at least 4 members (excludes halogenated alkanes) is 2. The van der Waals surface area contributed by atoms with Crippen LogP contribution in [-0.4, -0.2) is 76.8 Å². The van der Waals surface area contributed by atoms with E-state index in [1.165, 1.54) is 24.3 Å². The van der Waals surface area contributed by atoms with Gasteiger partial charge in [0.25, 0.3) is 11.8 Å². The monoisotopic (exact) mass is 614 g/mol. The third-order valence-electron chi connectivity index (χ3n) is 6.58. The Morgan fingerprint density at radius 1 is 0.727 bits per heavy atom. The fourth-order valence-corrected chi connectivity index (χ4v) is 4.23. The number of carbonyl (C=O) groups excluding carboxylic acids is 5. The van der Waals surface area contributed by atoms with E-state index in [0.717, 1.165) is 0 Å². The molecular formula is C28H42N10O6. The number of aromatic hydroxyl groups is 1. The molecule has 240 valence electrons. The summed E-state index contributed by atoms with van der Waals surface area (Å²) in [4.78, 5) is 70.1.